The van der Waals surface area contributed by atoms with Crippen molar-refractivity contribution in [3.8, 4) is 0 Å². The molecule has 0 bridgehead atoms. The van der Waals surface area contributed by atoms with Gasteiger partial charge in [0.15, 0.2) is 0 Å². The minimum Gasteiger partial charge on any atom is -0.321 e. The SMILES string of the molecule is NC1(c2ccc(Cl)cc2[N+](=O)[O-])CCC1. The minimum absolute atomic E-state index is 0.0321. The van der Waals surface area contributed by atoms with E-state index in [1.165, 1.54) is 6.07 Å². The molecule has 0 unspecified atom stereocenters. The van der Waals surface area contributed by atoms with Crippen LogP contribution in [0.4, 0.5) is 5.69 Å². The monoisotopic (exact) mass is 226 g/mol. The zero-order valence-corrected chi connectivity index (χ0v) is 8.83. The van der Waals surface area contributed by atoms with Crippen LogP contribution in [-0.4, -0.2) is 4.92 Å². The highest BCUT2D eigenvalue weighted by atomic mass is 35.5. The van der Waals surface area contributed by atoms with Crippen LogP contribution in [0.3, 0.4) is 0 Å². The fourth-order valence-electron chi connectivity index (χ4n) is 1.90. The molecule has 0 spiro atoms. The van der Waals surface area contributed by atoms with E-state index >= 15 is 0 Å². The number of nitro benzene ring substituents is 1. The van der Waals surface area contributed by atoms with Crippen molar-refractivity contribution in [2.75, 3.05) is 0 Å². The lowest BCUT2D eigenvalue weighted by Crippen LogP contribution is -2.43. The van der Waals surface area contributed by atoms with E-state index in [1.807, 2.05) is 0 Å². The molecule has 1 aliphatic rings. The van der Waals surface area contributed by atoms with Gasteiger partial charge in [-0.1, -0.05) is 11.6 Å². The Morgan fingerprint density at radius 3 is 2.60 bits per heavy atom. The number of hydrogen-bond donors (Lipinski definition) is 1. The Hall–Kier alpha value is -1.13. The number of rotatable bonds is 2. The quantitative estimate of drug-likeness (QED) is 0.623. The Labute approximate surface area is 92.2 Å². The molecule has 80 valence electrons. The molecular formula is C10H11ClN2O2. The van der Waals surface area contributed by atoms with E-state index in [0.29, 0.717) is 10.6 Å². The Morgan fingerprint density at radius 2 is 2.13 bits per heavy atom. The van der Waals surface area contributed by atoms with Crippen molar-refractivity contribution in [1.29, 1.82) is 0 Å². The number of nitro groups is 1. The van der Waals surface area contributed by atoms with Gasteiger partial charge in [-0.3, -0.25) is 10.1 Å². The van der Waals surface area contributed by atoms with Crippen LogP contribution in [-0.2, 0) is 5.54 Å². The topological polar surface area (TPSA) is 69.2 Å². The lowest BCUT2D eigenvalue weighted by Gasteiger charge is -2.38. The van der Waals surface area contributed by atoms with Gasteiger partial charge in [0.25, 0.3) is 5.69 Å². The summed E-state index contributed by atoms with van der Waals surface area (Å²) >= 11 is 5.73. The molecule has 2 rings (SSSR count). The number of nitrogens with zero attached hydrogens (tertiary/aromatic N) is 1. The summed E-state index contributed by atoms with van der Waals surface area (Å²) in [5, 5.41) is 11.2. The van der Waals surface area contributed by atoms with Gasteiger partial charge in [-0.2, -0.15) is 0 Å². The van der Waals surface area contributed by atoms with Crippen LogP contribution in [0.2, 0.25) is 5.02 Å². The Balaban J connectivity index is 2.50. The van der Waals surface area contributed by atoms with E-state index in [4.69, 9.17) is 17.3 Å². The average Bonchev–Trinajstić information content (AvgIpc) is 2.14. The standard InChI is InChI=1S/C10H11ClN2O2/c11-7-2-3-8(9(6-7)13(14)15)10(12)4-1-5-10/h2-3,6H,1,4-5,12H2. The first-order valence-corrected chi connectivity index (χ1v) is 5.14. The van der Waals surface area contributed by atoms with Crippen LogP contribution in [0.5, 0.6) is 0 Å². The third-order valence-corrected chi connectivity index (χ3v) is 3.17. The first kappa shape index (κ1) is 10.4. The number of nitrogens with two attached hydrogens (primary N) is 1. The molecule has 1 aromatic carbocycles. The summed E-state index contributed by atoms with van der Waals surface area (Å²) in [5.74, 6) is 0. The fourth-order valence-corrected chi connectivity index (χ4v) is 2.07. The van der Waals surface area contributed by atoms with E-state index in [1.54, 1.807) is 12.1 Å². The largest absolute Gasteiger partial charge is 0.321 e. The highest BCUT2D eigenvalue weighted by molar-refractivity contribution is 6.30. The molecule has 0 radical (unpaired) electrons. The first-order valence-electron chi connectivity index (χ1n) is 4.76. The maximum Gasteiger partial charge on any atom is 0.275 e. The van der Waals surface area contributed by atoms with Crippen LogP contribution in [0.1, 0.15) is 24.8 Å². The van der Waals surface area contributed by atoms with Crippen molar-refractivity contribution in [2.45, 2.75) is 24.8 Å². The molecule has 1 aliphatic carbocycles. The van der Waals surface area contributed by atoms with E-state index in [9.17, 15) is 10.1 Å². The number of halogens is 1. The summed E-state index contributed by atoms with van der Waals surface area (Å²) < 4.78 is 0. The molecule has 0 aliphatic heterocycles. The van der Waals surface area contributed by atoms with Gasteiger partial charge in [-0.05, 0) is 31.4 Å². The van der Waals surface area contributed by atoms with Crippen LogP contribution in [0.15, 0.2) is 18.2 Å². The Morgan fingerprint density at radius 1 is 1.47 bits per heavy atom. The van der Waals surface area contributed by atoms with E-state index < -0.39 is 10.5 Å². The maximum atomic E-state index is 10.9. The average molecular weight is 227 g/mol. The van der Waals surface area contributed by atoms with Crippen molar-refractivity contribution in [2.24, 2.45) is 5.73 Å². The molecule has 0 amide bonds. The molecule has 0 saturated heterocycles. The van der Waals surface area contributed by atoms with Gasteiger partial charge < -0.3 is 5.73 Å². The van der Waals surface area contributed by atoms with Crippen LogP contribution in [0.25, 0.3) is 0 Å². The van der Waals surface area contributed by atoms with Gasteiger partial charge >= 0.3 is 0 Å². The highest BCUT2D eigenvalue weighted by Crippen LogP contribution is 2.43. The molecule has 5 heteroatoms. The van der Waals surface area contributed by atoms with Crippen LogP contribution < -0.4 is 5.73 Å². The minimum atomic E-state index is -0.521. The summed E-state index contributed by atoms with van der Waals surface area (Å²) in [7, 11) is 0. The van der Waals surface area contributed by atoms with E-state index in [0.717, 1.165) is 19.3 Å². The van der Waals surface area contributed by atoms with Crippen LogP contribution >= 0.6 is 11.6 Å². The third-order valence-electron chi connectivity index (χ3n) is 2.94. The van der Waals surface area contributed by atoms with Crippen LogP contribution in [0, 0.1) is 10.1 Å². The summed E-state index contributed by atoms with van der Waals surface area (Å²) in [5.41, 5.74) is 6.18. The third kappa shape index (κ3) is 1.70. The summed E-state index contributed by atoms with van der Waals surface area (Å²) in [6, 6.07) is 4.68. The molecular weight excluding hydrogens is 216 g/mol. The van der Waals surface area contributed by atoms with Gasteiger partial charge in [0, 0.05) is 22.2 Å². The van der Waals surface area contributed by atoms with Crippen molar-refractivity contribution < 1.29 is 4.92 Å². The number of benzene rings is 1. The van der Waals surface area contributed by atoms with E-state index in [2.05, 4.69) is 0 Å². The zero-order chi connectivity index (χ0) is 11.1. The lowest BCUT2D eigenvalue weighted by molar-refractivity contribution is -0.386. The summed E-state index contributed by atoms with van der Waals surface area (Å²) in [6.07, 6.45) is 2.63. The van der Waals surface area contributed by atoms with Gasteiger partial charge in [0.1, 0.15) is 0 Å². The predicted molar refractivity (Wildman–Crippen MR) is 57.8 cm³/mol. The van der Waals surface area contributed by atoms with Gasteiger partial charge in [-0.15, -0.1) is 0 Å². The molecule has 0 aromatic heterocycles. The molecule has 0 heterocycles. The molecule has 1 saturated carbocycles. The Kier molecular flexibility index (Phi) is 2.40. The highest BCUT2D eigenvalue weighted by Gasteiger charge is 2.39. The van der Waals surface area contributed by atoms with Crippen molar-refractivity contribution >= 4 is 17.3 Å². The summed E-state index contributed by atoms with van der Waals surface area (Å²) in [6.45, 7) is 0. The second kappa shape index (κ2) is 3.47. The van der Waals surface area contributed by atoms with Gasteiger partial charge in [-0.25, -0.2) is 0 Å². The van der Waals surface area contributed by atoms with Crippen molar-refractivity contribution in [3.05, 3.63) is 38.9 Å². The second-order valence-corrected chi connectivity index (χ2v) is 4.36. The van der Waals surface area contributed by atoms with Gasteiger partial charge in [0.2, 0.25) is 0 Å². The molecule has 2 N–H and O–H groups in total. The molecule has 0 atom stereocenters. The van der Waals surface area contributed by atoms with Crippen molar-refractivity contribution in [3.63, 3.8) is 0 Å². The first-order chi connectivity index (χ1) is 7.03. The lowest BCUT2D eigenvalue weighted by atomic mass is 9.72. The number of hydrogen-bond acceptors (Lipinski definition) is 3. The normalized spacial score (nSPS) is 18.3. The molecule has 15 heavy (non-hydrogen) atoms. The van der Waals surface area contributed by atoms with E-state index in [-0.39, 0.29) is 5.69 Å². The van der Waals surface area contributed by atoms with Crippen molar-refractivity contribution in [1.82, 2.24) is 0 Å². The molecule has 1 aromatic rings. The second-order valence-electron chi connectivity index (χ2n) is 3.93. The predicted octanol–water partition coefficient (Wildman–Crippen LogP) is 2.59. The fraction of sp³-hybridized carbons (Fsp3) is 0.400. The Bertz CT molecular complexity index is 416. The smallest absolute Gasteiger partial charge is 0.275 e. The zero-order valence-electron chi connectivity index (χ0n) is 8.07. The molecule has 4 nitrogen and oxygen atoms in total. The van der Waals surface area contributed by atoms with Gasteiger partial charge in [0.05, 0.1) is 4.92 Å². The summed E-state index contributed by atoms with van der Waals surface area (Å²) in [4.78, 5) is 10.4. The molecule has 1 fully saturated rings. The maximum absolute atomic E-state index is 10.9.